The molecule has 0 spiro atoms. The van der Waals surface area contributed by atoms with Gasteiger partial charge in [-0.05, 0) is 24.1 Å². The Hall–Kier alpha value is -2.19. The van der Waals surface area contributed by atoms with Crippen LogP contribution in [0.5, 0.6) is 0 Å². The summed E-state index contributed by atoms with van der Waals surface area (Å²) >= 11 is 1.41. The van der Waals surface area contributed by atoms with Gasteiger partial charge in [-0.25, -0.2) is 4.98 Å². The maximum Gasteiger partial charge on any atom is 0.267 e. The maximum absolute atomic E-state index is 12.0. The summed E-state index contributed by atoms with van der Waals surface area (Å²) in [5.74, 6) is -0.148. The summed E-state index contributed by atoms with van der Waals surface area (Å²) in [5.41, 5.74) is 1.66. The van der Waals surface area contributed by atoms with Crippen LogP contribution in [0, 0.1) is 11.3 Å². The van der Waals surface area contributed by atoms with Crippen molar-refractivity contribution in [1.29, 1.82) is 5.26 Å². The zero-order valence-electron chi connectivity index (χ0n) is 10.5. The number of amides is 1. The number of thiazole rings is 1. The van der Waals surface area contributed by atoms with Crippen LogP contribution in [0.15, 0.2) is 30.5 Å². The molecule has 0 aliphatic carbocycles. The molecule has 0 radical (unpaired) electrons. The molecule has 5 heteroatoms. The predicted molar refractivity (Wildman–Crippen MR) is 75.2 cm³/mol. The van der Waals surface area contributed by atoms with Gasteiger partial charge in [-0.15, -0.1) is 11.3 Å². The number of hydrogen-bond acceptors (Lipinski definition) is 4. The van der Waals surface area contributed by atoms with Gasteiger partial charge >= 0.3 is 0 Å². The number of rotatable bonds is 4. The fraction of sp³-hybridized carbons (Fsp3) is 0.214. The van der Waals surface area contributed by atoms with Gasteiger partial charge in [0, 0.05) is 5.69 Å². The van der Waals surface area contributed by atoms with Crippen LogP contribution in [0.2, 0.25) is 0 Å². The highest BCUT2D eigenvalue weighted by molar-refractivity contribution is 7.13. The van der Waals surface area contributed by atoms with Crippen molar-refractivity contribution in [2.45, 2.75) is 19.8 Å². The molecule has 0 atom stereocenters. The number of carbonyl (C=O) groups is 1. The zero-order valence-corrected chi connectivity index (χ0v) is 11.3. The number of nitriles is 1. The Morgan fingerprint density at radius 3 is 2.74 bits per heavy atom. The van der Waals surface area contributed by atoms with E-state index in [1.54, 1.807) is 18.3 Å². The highest BCUT2D eigenvalue weighted by Crippen LogP contribution is 2.16. The molecule has 2 rings (SSSR count). The van der Waals surface area contributed by atoms with E-state index in [0.717, 1.165) is 22.7 Å². The molecule has 4 nitrogen and oxygen atoms in total. The number of aromatic nitrogens is 1. The lowest BCUT2D eigenvalue weighted by atomic mass is 10.1. The summed E-state index contributed by atoms with van der Waals surface area (Å²) in [4.78, 5) is 16.7. The number of aryl methyl sites for hydroxylation is 1. The van der Waals surface area contributed by atoms with Crippen LogP contribution in [-0.2, 0) is 12.8 Å². The molecule has 1 amide bonds. The Balaban J connectivity index is 2.04. The number of anilines is 1. The summed E-state index contributed by atoms with van der Waals surface area (Å²) in [6.07, 6.45) is 2.81. The van der Waals surface area contributed by atoms with Gasteiger partial charge in [-0.2, -0.15) is 5.26 Å². The van der Waals surface area contributed by atoms with E-state index in [-0.39, 0.29) is 5.91 Å². The van der Waals surface area contributed by atoms with Crippen molar-refractivity contribution in [3.05, 3.63) is 45.9 Å². The lowest BCUT2D eigenvalue weighted by Gasteiger charge is -2.03. The van der Waals surface area contributed by atoms with Crippen molar-refractivity contribution < 1.29 is 4.79 Å². The molecule has 0 bridgehead atoms. The first-order valence-corrected chi connectivity index (χ1v) is 6.76. The highest BCUT2D eigenvalue weighted by atomic mass is 32.1. The monoisotopic (exact) mass is 271 g/mol. The van der Waals surface area contributed by atoms with Gasteiger partial charge in [0.15, 0.2) is 0 Å². The fourth-order valence-corrected chi connectivity index (χ4v) is 2.32. The first kappa shape index (κ1) is 13.2. The topological polar surface area (TPSA) is 65.8 Å². The van der Waals surface area contributed by atoms with Gasteiger partial charge in [-0.1, -0.05) is 19.1 Å². The largest absolute Gasteiger partial charge is 0.321 e. The summed E-state index contributed by atoms with van der Waals surface area (Å²) in [6, 6.07) is 9.35. The van der Waals surface area contributed by atoms with Crippen molar-refractivity contribution in [3.63, 3.8) is 0 Å². The van der Waals surface area contributed by atoms with Crippen molar-refractivity contribution >= 4 is 22.9 Å². The number of nitrogens with one attached hydrogen (secondary N) is 1. The molecule has 0 unspecified atom stereocenters. The van der Waals surface area contributed by atoms with E-state index in [4.69, 9.17) is 5.26 Å². The van der Waals surface area contributed by atoms with Crippen LogP contribution in [0.3, 0.4) is 0 Å². The zero-order chi connectivity index (χ0) is 13.7. The quantitative estimate of drug-likeness (QED) is 0.929. The van der Waals surface area contributed by atoms with Crippen LogP contribution in [-0.4, -0.2) is 10.9 Å². The molecule has 0 aliphatic heterocycles. The third-order valence-electron chi connectivity index (χ3n) is 2.57. The second-order valence-corrected chi connectivity index (χ2v) is 5.07. The maximum atomic E-state index is 12.0. The van der Waals surface area contributed by atoms with Crippen molar-refractivity contribution in [1.82, 2.24) is 4.98 Å². The van der Waals surface area contributed by atoms with E-state index in [0.29, 0.717) is 11.3 Å². The molecular formula is C14H13N3OS. The minimum Gasteiger partial charge on any atom is -0.321 e. The molecule has 0 aliphatic rings. The molecule has 0 saturated heterocycles. The first-order valence-electron chi connectivity index (χ1n) is 5.95. The van der Waals surface area contributed by atoms with Gasteiger partial charge in [0.2, 0.25) is 0 Å². The van der Waals surface area contributed by atoms with E-state index in [9.17, 15) is 4.79 Å². The van der Waals surface area contributed by atoms with Crippen LogP contribution in [0.1, 0.15) is 27.2 Å². The summed E-state index contributed by atoms with van der Waals surface area (Å²) in [6.45, 7) is 2.01. The normalized spacial score (nSPS) is 9.89. The van der Waals surface area contributed by atoms with E-state index in [2.05, 4.69) is 16.4 Å². The van der Waals surface area contributed by atoms with E-state index < -0.39 is 0 Å². The third-order valence-corrected chi connectivity index (χ3v) is 3.72. The Labute approximate surface area is 115 Å². The Morgan fingerprint density at radius 2 is 2.16 bits per heavy atom. The SMILES string of the molecule is CCc1ncc(C(=O)Nc2ccc(CC#N)cc2)s1. The van der Waals surface area contributed by atoms with Gasteiger partial charge in [-0.3, -0.25) is 4.79 Å². The van der Waals surface area contributed by atoms with Crippen molar-refractivity contribution in [2.75, 3.05) is 5.32 Å². The molecule has 96 valence electrons. The predicted octanol–water partition coefficient (Wildman–Crippen LogP) is 3.02. The van der Waals surface area contributed by atoms with E-state index >= 15 is 0 Å². The Bertz CT molecular complexity index is 610. The standard InChI is InChI=1S/C14H13N3OS/c1-2-13-16-9-12(19-13)14(18)17-11-5-3-10(4-6-11)7-8-15/h3-6,9H,2,7H2,1H3,(H,17,18). The van der Waals surface area contributed by atoms with Gasteiger partial charge in [0.05, 0.1) is 23.7 Å². The summed E-state index contributed by atoms with van der Waals surface area (Å²) in [5, 5.41) is 12.4. The molecule has 19 heavy (non-hydrogen) atoms. The minimum atomic E-state index is -0.148. The molecular weight excluding hydrogens is 258 g/mol. The molecule has 0 fully saturated rings. The molecule has 2 aromatic rings. The van der Waals surface area contributed by atoms with Crippen LogP contribution in [0.4, 0.5) is 5.69 Å². The number of nitrogens with zero attached hydrogens (tertiary/aromatic N) is 2. The lowest BCUT2D eigenvalue weighted by molar-refractivity contribution is 0.103. The molecule has 1 heterocycles. The molecule has 1 aromatic carbocycles. The van der Waals surface area contributed by atoms with Crippen molar-refractivity contribution in [2.24, 2.45) is 0 Å². The lowest BCUT2D eigenvalue weighted by Crippen LogP contribution is -2.09. The average Bonchev–Trinajstić information content (AvgIpc) is 2.90. The van der Waals surface area contributed by atoms with Crippen LogP contribution >= 0.6 is 11.3 Å². The number of benzene rings is 1. The second kappa shape index (κ2) is 6.12. The Kier molecular flexibility index (Phi) is 4.26. The van der Waals surface area contributed by atoms with Crippen LogP contribution in [0.25, 0.3) is 0 Å². The third kappa shape index (κ3) is 3.39. The van der Waals surface area contributed by atoms with Crippen LogP contribution < -0.4 is 5.32 Å². The average molecular weight is 271 g/mol. The molecule has 0 saturated carbocycles. The smallest absolute Gasteiger partial charge is 0.267 e. The number of hydrogen-bond donors (Lipinski definition) is 1. The summed E-state index contributed by atoms with van der Waals surface area (Å²) < 4.78 is 0. The van der Waals surface area contributed by atoms with Crippen molar-refractivity contribution in [3.8, 4) is 6.07 Å². The summed E-state index contributed by atoms with van der Waals surface area (Å²) in [7, 11) is 0. The first-order chi connectivity index (χ1) is 9.22. The minimum absolute atomic E-state index is 0.148. The van der Waals surface area contributed by atoms with E-state index in [1.807, 2.05) is 19.1 Å². The molecule has 1 N–H and O–H groups in total. The molecule has 1 aromatic heterocycles. The van der Waals surface area contributed by atoms with E-state index in [1.165, 1.54) is 11.3 Å². The second-order valence-electron chi connectivity index (χ2n) is 3.96. The van der Waals surface area contributed by atoms with Gasteiger partial charge < -0.3 is 5.32 Å². The van der Waals surface area contributed by atoms with Gasteiger partial charge in [0.1, 0.15) is 4.88 Å². The van der Waals surface area contributed by atoms with Gasteiger partial charge in [0.25, 0.3) is 5.91 Å². The fourth-order valence-electron chi connectivity index (χ4n) is 1.57. The number of carbonyl (C=O) groups excluding carboxylic acids is 1. The Morgan fingerprint density at radius 1 is 1.42 bits per heavy atom. The highest BCUT2D eigenvalue weighted by Gasteiger charge is 2.09.